The van der Waals surface area contributed by atoms with Crippen LogP contribution in [0.15, 0.2) is 5.38 Å². The molecule has 3 nitrogen and oxygen atoms in total. The van der Waals surface area contributed by atoms with Gasteiger partial charge in [0.15, 0.2) is 0 Å². The lowest BCUT2D eigenvalue weighted by Gasteiger charge is -2.37. The first-order chi connectivity index (χ1) is 9.19. The molecule has 2 heterocycles. The molecule has 4 heteroatoms. The summed E-state index contributed by atoms with van der Waals surface area (Å²) in [6.07, 6.45) is 3.63. The Balaban J connectivity index is 1.72. The summed E-state index contributed by atoms with van der Waals surface area (Å²) in [6.45, 7) is 11.5. The molecule has 0 amide bonds. The summed E-state index contributed by atoms with van der Waals surface area (Å²) in [5.74, 6) is 0.762. The van der Waals surface area contributed by atoms with E-state index in [1.165, 1.54) is 30.9 Å². The summed E-state index contributed by atoms with van der Waals surface area (Å²) in [5.41, 5.74) is 1.16. The smallest absolute Gasteiger partial charge is 0.0940 e. The van der Waals surface area contributed by atoms with Gasteiger partial charge < -0.3 is 10.2 Å². The quantitative estimate of drug-likeness (QED) is 0.869. The van der Waals surface area contributed by atoms with Crippen molar-refractivity contribution in [2.75, 3.05) is 26.2 Å². The van der Waals surface area contributed by atoms with Gasteiger partial charge >= 0.3 is 0 Å². The summed E-state index contributed by atoms with van der Waals surface area (Å²) >= 11 is 1.80. The fourth-order valence-corrected chi connectivity index (χ4v) is 3.60. The van der Waals surface area contributed by atoms with Gasteiger partial charge in [0.1, 0.15) is 0 Å². The third kappa shape index (κ3) is 4.55. The highest BCUT2D eigenvalue weighted by atomic mass is 32.1. The van der Waals surface area contributed by atoms with Gasteiger partial charge in [0.2, 0.25) is 0 Å². The SMILES string of the molecule is CCCNC1CCN(CCc2nc(C)cs2)CC1C. The van der Waals surface area contributed by atoms with Gasteiger partial charge in [-0.3, -0.25) is 0 Å². The molecule has 1 aliphatic heterocycles. The highest BCUT2D eigenvalue weighted by Crippen LogP contribution is 2.18. The summed E-state index contributed by atoms with van der Waals surface area (Å²) in [7, 11) is 0. The number of aromatic nitrogens is 1. The van der Waals surface area contributed by atoms with Crippen LogP contribution in [0.5, 0.6) is 0 Å². The number of nitrogens with zero attached hydrogens (tertiary/aromatic N) is 2. The highest BCUT2D eigenvalue weighted by molar-refractivity contribution is 7.09. The van der Waals surface area contributed by atoms with Crippen molar-refractivity contribution in [2.24, 2.45) is 5.92 Å². The number of hydrogen-bond donors (Lipinski definition) is 1. The van der Waals surface area contributed by atoms with Gasteiger partial charge in [-0.15, -0.1) is 11.3 Å². The molecule has 0 bridgehead atoms. The second-order valence-corrected chi connectivity index (χ2v) is 6.70. The lowest BCUT2D eigenvalue weighted by Crippen LogP contribution is -2.48. The van der Waals surface area contributed by atoms with Crippen molar-refractivity contribution in [1.29, 1.82) is 0 Å². The number of thiazole rings is 1. The molecule has 0 aromatic carbocycles. The largest absolute Gasteiger partial charge is 0.314 e. The van der Waals surface area contributed by atoms with Crippen molar-refractivity contribution in [2.45, 2.75) is 46.1 Å². The normalized spacial score (nSPS) is 24.8. The summed E-state index contributed by atoms with van der Waals surface area (Å²) in [4.78, 5) is 7.15. The van der Waals surface area contributed by atoms with E-state index in [2.05, 4.69) is 41.4 Å². The first-order valence-electron chi connectivity index (χ1n) is 7.55. The Morgan fingerprint density at radius 2 is 2.37 bits per heavy atom. The van der Waals surface area contributed by atoms with E-state index in [4.69, 9.17) is 0 Å². The molecule has 0 spiro atoms. The molecule has 1 aromatic heterocycles. The predicted octanol–water partition coefficient (Wildman–Crippen LogP) is 2.70. The standard InChI is InChI=1S/C15H27N3S/c1-4-7-16-14-5-8-18(10-12(14)2)9-6-15-17-13(3)11-19-15/h11-12,14,16H,4-10H2,1-3H3. The molecule has 1 fully saturated rings. The van der Waals surface area contributed by atoms with Crippen LogP contribution < -0.4 is 5.32 Å². The van der Waals surface area contributed by atoms with Gasteiger partial charge in [-0.05, 0) is 38.8 Å². The van der Waals surface area contributed by atoms with E-state index in [1.54, 1.807) is 11.3 Å². The zero-order chi connectivity index (χ0) is 13.7. The van der Waals surface area contributed by atoms with Crippen LogP contribution in [0, 0.1) is 12.8 Å². The minimum atomic E-state index is 0.721. The number of likely N-dealkylation sites (tertiary alicyclic amines) is 1. The second kappa shape index (κ2) is 7.36. The molecule has 1 aliphatic rings. The maximum absolute atomic E-state index is 4.55. The molecule has 108 valence electrons. The zero-order valence-corrected chi connectivity index (χ0v) is 13.3. The average molecular weight is 281 g/mol. The van der Waals surface area contributed by atoms with Gasteiger partial charge in [0.25, 0.3) is 0 Å². The average Bonchev–Trinajstić information content (AvgIpc) is 2.81. The highest BCUT2D eigenvalue weighted by Gasteiger charge is 2.25. The van der Waals surface area contributed by atoms with Crippen molar-refractivity contribution in [1.82, 2.24) is 15.2 Å². The molecule has 0 aliphatic carbocycles. The van der Waals surface area contributed by atoms with E-state index in [0.717, 1.165) is 37.2 Å². The lowest BCUT2D eigenvalue weighted by molar-refractivity contribution is 0.149. The molecular weight excluding hydrogens is 254 g/mol. The van der Waals surface area contributed by atoms with Gasteiger partial charge in [-0.1, -0.05) is 13.8 Å². The Morgan fingerprint density at radius 3 is 3.00 bits per heavy atom. The molecule has 0 radical (unpaired) electrons. The fourth-order valence-electron chi connectivity index (χ4n) is 2.84. The monoisotopic (exact) mass is 281 g/mol. The van der Waals surface area contributed by atoms with Crippen LogP contribution in [-0.4, -0.2) is 42.1 Å². The third-order valence-electron chi connectivity index (χ3n) is 3.95. The maximum Gasteiger partial charge on any atom is 0.0940 e. The number of hydrogen-bond acceptors (Lipinski definition) is 4. The third-order valence-corrected chi connectivity index (χ3v) is 4.98. The Labute approximate surface area is 121 Å². The second-order valence-electron chi connectivity index (χ2n) is 5.76. The zero-order valence-electron chi connectivity index (χ0n) is 12.5. The van der Waals surface area contributed by atoms with E-state index in [9.17, 15) is 0 Å². The Bertz CT molecular complexity index is 377. The number of piperidine rings is 1. The van der Waals surface area contributed by atoms with Gasteiger partial charge in [0, 0.05) is 36.6 Å². The summed E-state index contributed by atoms with van der Waals surface area (Å²) in [6, 6.07) is 0.721. The molecule has 1 saturated heterocycles. The minimum absolute atomic E-state index is 0.721. The molecule has 1 aromatic rings. The van der Waals surface area contributed by atoms with Crippen LogP contribution in [0.3, 0.4) is 0 Å². The van der Waals surface area contributed by atoms with Crippen molar-refractivity contribution in [3.63, 3.8) is 0 Å². The summed E-state index contributed by atoms with van der Waals surface area (Å²) in [5, 5.41) is 7.12. The minimum Gasteiger partial charge on any atom is -0.314 e. The van der Waals surface area contributed by atoms with Crippen LogP contribution >= 0.6 is 11.3 Å². The first kappa shape index (κ1) is 14.9. The fraction of sp³-hybridized carbons (Fsp3) is 0.800. The number of nitrogens with one attached hydrogen (secondary N) is 1. The van der Waals surface area contributed by atoms with Crippen LogP contribution in [0.25, 0.3) is 0 Å². The molecule has 2 atom stereocenters. The molecule has 2 unspecified atom stereocenters. The van der Waals surface area contributed by atoms with Crippen molar-refractivity contribution in [3.8, 4) is 0 Å². The van der Waals surface area contributed by atoms with E-state index in [0.29, 0.717) is 0 Å². The van der Waals surface area contributed by atoms with E-state index >= 15 is 0 Å². The van der Waals surface area contributed by atoms with Crippen LogP contribution in [0.4, 0.5) is 0 Å². The number of rotatable bonds is 6. The Kier molecular flexibility index (Phi) is 5.79. The Hall–Kier alpha value is -0.450. The van der Waals surface area contributed by atoms with E-state index in [-0.39, 0.29) is 0 Å². The summed E-state index contributed by atoms with van der Waals surface area (Å²) < 4.78 is 0. The van der Waals surface area contributed by atoms with E-state index in [1.807, 2.05) is 0 Å². The molecule has 1 N–H and O–H groups in total. The molecule has 2 rings (SSSR count). The predicted molar refractivity (Wildman–Crippen MR) is 82.9 cm³/mol. The van der Waals surface area contributed by atoms with Crippen LogP contribution in [0.1, 0.15) is 37.4 Å². The van der Waals surface area contributed by atoms with Crippen LogP contribution in [-0.2, 0) is 6.42 Å². The topological polar surface area (TPSA) is 28.2 Å². The van der Waals surface area contributed by atoms with Gasteiger partial charge in [-0.2, -0.15) is 0 Å². The first-order valence-corrected chi connectivity index (χ1v) is 8.43. The van der Waals surface area contributed by atoms with Crippen molar-refractivity contribution in [3.05, 3.63) is 16.1 Å². The van der Waals surface area contributed by atoms with E-state index < -0.39 is 0 Å². The lowest BCUT2D eigenvalue weighted by atomic mass is 9.93. The molecule has 0 saturated carbocycles. The molecule has 19 heavy (non-hydrogen) atoms. The maximum atomic E-state index is 4.55. The van der Waals surface area contributed by atoms with Crippen molar-refractivity contribution < 1.29 is 0 Å². The van der Waals surface area contributed by atoms with Gasteiger partial charge in [-0.25, -0.2) is 4.98 Å². The Morgan fingerprint density at radius 1 is 1.53 bits per heavy atom. The molecular formula is C15H27N3S. The van der Waals surface area contributed by atoms with Crippen LogP contribution in [0.2, 0.25) is 0 Å². The van der Waals surface area contributed by atoms with Crippen molar-refractivity contribution >= 4 is 11.3 Å². The van der Waals surface area contributed by atoms with Gasteiger partial charge in [0.05, 0.1) is 5.01 Å². The number of aryl methyl sites for hydroxylation is 1.